The number of aromatic nitrogens is 5. The van der Waals surface area contributed by atoms with Crippen LogP contribution in [0.4, 0.5) is 0 Å². The number of para-hydroxylation sites is 5. The van der Waals surface area contributed by atoms with Crippen LogP contribution in [-0.4, -0.2) is 19.1 Å². The third-order valence-electron chi connectivity index (χ3n) is 10.7. The predicted molar refractivity (Wildman–Crippen MR) is 219 cm³/mol. The van der Waals surface area contributed by atoms with Crippen LogP contribution in [0.5, 0.6) is 0 Å². The van der Waals surface area contributed by atoms with Crippen LogP contribution in [0.2, 0.25) is 0 Å². The summed E-state index contributed by atoms with van der Waals surface area (Å²) in [6, 6.07) is 58.4. The molecule has 0 bridgehead atoms. The molecule has 12 rings (SSSR count). The second-order valence-electron chi connectivity index (χ2n) is 13.7. The summed E-state index contributed by atoms with van der Waals surface area (Å²) in [4.78, 5) is 15.5. The van der Waals surface area contributed by atoms with E-state index in [0.717, 1.165) is 105 Å². The first-order valence-corrected chi connectivity index (χ1v) is 18.0. The molecule has 5 aromatic heterocycles. The largest absolute Gasteiger partial charge is 2.00 e. The van der Waals surface area contributed by atoms with E-state index in [-0.39, 0.29) is 21.1 Å². The van der Waals surface area contributed by atoms with E-state index in [1.54, 1.807) is 0 Å². The van der Waals surface area contributed by atoms with Crippen LogP contribution in [0, 0.1) is 6.07 Å². The Bertz CT molecular complexity index is 3450. The van der Waals surface area contributed by atoms with E-state index in [1.165, 1.54) is 5.39 Å². The molecule has 0 N–H and O–H groups in total. The first-order chi connectivity index (χ1) is 26.8. The minimum atomic E-state index is 0. The Balaban J connectivity index is 0.00000352. The minimum absolute atomic E-state index is 0. The first-order valence-electron chi connectivity index (χ1n) is 18.0. The van der Waals surface area contributed by atoms with Gasteiger partial charge in [0.2, 0.25) is 0 Å². The molecule has 7 heteroatoms. The maximum absolute atomic E-state index is 6.29. The number of hydrogen-bond acceptors (Lipinski definition) is 3. The number of hydrogen-bond donors (Lipinski definition) is 0. The summed E-state index contributed by atoms with van der Waals surface area (Å²) >= 11 is 0. The van der Waals surface area contributed by atoms with Gasteiger partial charge >= 0.3 is 21.1 Å². The molecule has 260 valence electrons. The van der Waals surface area contributed by atoms with Crippen molar-refractivity contribution in [3.63, 3.8) is 0 Å². The van der Waals surface area contributed by atoms with Crippen molar-refractivity contribution in [2.45, 2.75) is 0 Å². The van der Waals surface area contributed by atoms with E-state index in [1.807, 2.05) is 48.7 Å². The smallest absolute Gasteiger partial charge is 0.656 e. The van der Waals surface area contributed by atoms with Crippen LogP contribution < -0.4 is 4.98 Å². The zero-order chi connectivity index (χ0) is 35.3. The first kappa shape index (κ1) is 31.7. The molecule has 0 unspecified atom stereocenters. The quantitative estimate of drug-likeness (QED) is 0.165. The zero-order valence-electron chi connectivity index (χ0n) is 29.0. The Hall–Kier alpha value is -6.75. The average Bonchev–Trinajstić information content (AvgIpc) is 3.99. The molecule has 6 nitrogen and oxygen atoms in total. The monoisotopic (exact) mass is 884 g/mol. The number of furan rings is 1. The molecule has 0 aliphatic heterocycles. The second kappa shape index (κ2) is 12.1. The van der Waals surface area contributed by atoms with Crippen molar-refractivity contribution in [1.82, 2.24) is 24.1 Å². The molecule has 7 aromatic carbocycles. The van der Waals surface area contributed by atoms with Crippen LogP contribution in [0.3, 0.4) is 0 Å². The van der Waals surface area contributed by atoms with E-state index in [9.17, 15) is 0 Å². The van der Waals surface area contributed by atoms with Crippen molar-refractivity contribution in [1.29, 1.82) is 0 Å². The van der Waals surface area contributed by atoms with Gasteiger partial charge in [0.1, 0.15) is 22.8 Å². The van der Waals surface area contributed by atoms with Crippen molar-refractivity contribution in [2.75, 3.05) is 0 Å². The number of nitrogens with zero attached hydrogens (tertiary/aromatic N) is 5. The number of benzene rings is 7. The van der Waals surface area contributed by atoms with Gasteiger partial charge in [-0.2, -0.15) is 0 Å². The predicted octanol–water partition coefficient (Wildman–Crippen LogP) is 11.8. The Morgan fingerprint density at radius 3 is 2.20 bits per heavy atom. The summed E-state index contributed by atoms with van der Waals surface area (Å²) in [7, 11) is 0. The van der Waals surface area contributed by atoms with Gasteiger partial charge in [-0.05, 0) is 70.2 Å². The SMILES string of the molecule is [Pt+2].[c-]1c(-c2cccc3c2nc(-c2cccc4c2[n-]c2cc5c(cc24)oc2ccccc25)n3-c2ccccc2)ccc2c3ccccc3n(-c3ccccn3)c12. The molecule has 0 aliphatic rings. The Morgan fingerprint density at radius 2 is 1.31 bits per heavy atom. The van der Waals surface area contributed by atoms with Crippen molar-refractivity contribution in [2.24, 2.45) is 0 Å². The molecular weight excluding hydrogens is 858 g/mol. The maximum atomic E-state index is 6.29. The van der Waals surface area contributed by atoms with Gasteiger partial charge in [0.15, 0.2) is 0 Å². The van der Waals surface area contributed by atoms with Gasteiger partial charge in [0.25, 0.3) is 0 Å². The maximum Gasteiger partial charge on any atom is 2.00 e. The van der Waals surface area contributed by atoms with Crippen molar-refractivity contribution >= 4 is 76.6 Å². The van der Waals surface area contributed by atoms with E-state index in [0.29, 0.717) is 0 Å². The number of fused-ring (bicyclic) bond motifs is 10. The fourth-order valence-corrected chi connectivity index (χ4v) is 8.36. The van der Waals surface area contributed by atoms with Crippen LogP contribution in [0.1, 0.15) is 0 Å². The summed E-state index contributed by atoms with van der Waals surface area (Å²) in [5.74, 6) is 1.68. The molecule has 0 radical (unpaired) electrons. The third-order valence-corrected chi connectivity index (χ3v) is 10.7. The third kappa shape index (κ3) is 4.65. The molecule has 0 amide bonds. The summed E-state index contributed by atoms with van der Waals surface area (Å²) in [5, 5.41) is 6.59. The molecule has 12 aromatic rings. The number of rotatable bonds is 4. The van der Waals surface area contributed by atoms with Crippen LogP contribution in [0.25, 0.3) is 111 Å². The molecule has 0 saturated heterocycles. The average molecular weight is 885 g/mol. The van der Waals surface area contributed by atoms with Gasteiger partial charge in [-0.3, -0.25) is 4.57 Å². The summed E-state index contributed by atoms with van der Waals surface area (Å²) in [6.07, 6.45) is 1.84. The van der Waals surface area contributed by atoms with Crippen LogP contribution in [-0.2, 0) is 21.1 Å². The van der Waals surface area contributed by atoms with Gasteiger partial charge in [0, 0.05) is 33.7 Å². The van der Waals surface area contributed by atoms with E-state index in [4.69, 9.17) is 19.4 Å². The Morgan fingerprint density at radius 1 is 0.545 bits per heavy atom. The van der Waals surface area contributed by atoms with E-state index >= 15 is 0 Å². The molecule has 0 saturated carbocycles. The van der Waals surface area contributed by atoms with Gasteiger partial charge in [0.05, 0.1) is 11.0 Å². The summed E-state index contributed by atoms with van der Waals surface area (Å²) in [5.41, 5.74) is 11.5. The second-order valence-corrected chi connectivity index (χ2v) is 13.7. The zero-order valence-corrected chi connectivity index (χ0v) is 31.3. The summed E-state index contributed by atoms with van der Waals surface area (Å²) in [6.45, 7) is 0. The van der Waals surface area contributed by atoms with Gasteiger partial charge < -0.3 is 14.0 Å². The molecular formula is C48H27N5OPt. The fraction of sp³-hybridized carbons (Fsp3) is 0. The Labute approximate surface area is 328 Å². The van der Waals surface area contributed by atoms with E-state index in [2.05, 4.69) is 130 Å². The number of imidazole rings is 1. The van der Waals surface area contributed by atoms with Crippen molar-refractivity contribution in [3.8, 4) is 34.0 Å². The van der Waals surface area contributed by atoms with Gasteiger partial charge in [-0.15, -0.1) is 34.8 Å². The summed E-state index contributed by atoms with van der Waals surface area (Å²) < 4.78 is 10.8. The fourth-order valence-electron chi connectivity index (χ4n) is 8.36. The van der Waals surface area contributed by atoms with Crippen LogP contribution >= 0.6 is 0 Å². The Kier molecular flexibility index (Phi) is 7.01. The van der Waals surface area contributed by atoms with Gasteiger partial charge in [-0.25, -0.2) is 9.97 Å². The number of pyridine rings is 1. The molecule has 0 spiro atoms. The van der Waals surface area contributed by atoms with Crippen molar-refractivity contribution in [3.05, 3.63) is 170 Å². The topological polar surface area (TPSA) is 62.9 Å². The van der Waals surface area contributed by atoms with Gasteiger partial charge in [-0.1, -0.05) is 108 Å². The molecule has 0 aliphatic carbocycles. The van der Waals surface area contributed by atoms with Crippen LogP contribution in [0.15, 0.2) is 168 Å². The molecule has 55 heavy (non-hydrogen) atoms. The normalized spacial score (nSPS) is 11.9. The molecule has 0 fully saturated rings. The standard InChI is InChI=1S/C48H27N5O.Pt/c1-2-12-30(13-3-1)52-41-20-11-16-31(29-23-24-33-32-14-4-6-19-40(32)53(42(33)26-29)45-22-8-9-25-49-45)47(41)51-48(52)36-18-10-17-35-37-28-44-38(27-39(37)50-46(35)36)34-15-5-7-21-43(34)54-44;/h1-25,27-28H;/q-2;+2. The molecule has 5 heterocycles. The minimum Gasteiger partial charge on any atom is -0.656 e. The van der Waals surface area contributed by atoms with E-state index < -0.39 is 0 Å². The molecule has 0 atom stereocenters. The van der Waals surface area contributed by atoms with Crippen molar-refractivity contribution < 1.29 is 25.5 Å².